The van der Waals surface area contributed by atoms with E-state index >= 15 is 0 Å². The molecule has 0 unspecified atom stereocenters. The first kappa shape index (κ1) is 6.09. The normalized spacial score (nSPS) is 23.2. The molecule has 0 aromatic rings. The fourth-order valence-electron chi connectivity index (χ4n) is 0.812. The summed E-state index contributed by atoms with van der Waals surface area (Å²) in [6.45, 7) is 3.27. The topological polar surface area (TPSA) is 9.23 Å². The smallest absolute Gasteiger partial charge is 0.0467 e. The van der Waals surface area contributed by atoms with Crippen LogP contribution in [0.4, 0.5) is 0 Å². The number of hydrogen-bond donors (Lipinski definition) is 0. The van der Waals surface area contributed by atoms with Crippen LogP contribution in [0.15, 0.2) is 0 Å². The van der Waals surface area contributed by atoms with Gasteiger partial charge >= 0.3 is 0 Å². The van der Waals surface area contributed by atoms with Crippen molar-refractivity contribution < 1.29 is 4.74 Å². The van der Waals surface area contributed by atoms with Crippen LogP contribution < -0.4 is 0 Å². The van der Waals surface area contributed by atoms with Gasteiger partial charge in [-0.25, -0.2) is 0 Å². The molecule has 1 aliphatic carbocycles. The van der Waals surface area contributed by atoms with E-state index in [1.165, 1.54) is 19.3 Å². The van der Waals surface area contributed by atoms with E-state index in [0.717, 1.165) is 6.61 Å². The van der Waals surface area contributed by atoms with Crippen LogP contribution in [0, 0.1) is 5.41 Å². The molecule has 1 saturated carbocycles. The van der Waals surface area contributed by atoms with Crippen molar-refractivity contribution in [2.24, 2.45) is 5.41 Å². The molecule has 1 heteroatoms. The van der Waals surface area contributed by atoms with Gasteiger partial charge in [-0.1, -0.05) is 6.92 Å². The van der Waals surface area contributed by atoms with E-state index in [0.29, 0.717) is 5.41 Å². The molecule has 1 fully saturated rings. The zero-order valence-electron chi connectivity index (χ0n) is 5.74. The van der Waals surface area contributed by atoms with Gasteiger partial charge in [-0.15, -0.1) is 0 Å². The zero-order valence-corrected chi connectivity index (χ0v) is 5.74. The molecular weight excluding hydrogens is 100 g/mol. The van der Waals surface area contributed by atoms with Crippen LogP contribution in [0.5, 0.6) is 0 Å². The lowest BCUT2D eigenvalue weighted by molar-refractivity contribution is 0.176. The molecule has 0 atom stereocenters. The highest BCUT2D eigenvalue weighted by Crippen LogP contribution is 2.47. The Morgan fingerprint density at radius 3 is 2.50 bits per heavy atom. The number of methoxy groups -OCH3 is 1. The number of ether oxygens (including phenoxy) is 1. The predicted molar refractivity (Wildman–Crippen MR) is 33.8 cm³/mol. The van der Waals surface area contributed by atoms with Crippen molar-refractivity contribution in [2.45, 2.75) is 26.2 Å². The summed E-state index contributed by atoms with van der Waals surface area (Å²) >= 11 is 0. The molecule has 1 nitrogen and oxygen atoms in total. The van der Waals surface area contributed by atoms with Gasteiger partial charge in [0, 0.05) is 13.7 Å². The van der Waals surface area contributed by atoms with E-state index in [1.54, 1.807) is 7.11 Å². The van der Waals surface area contributed by atoms with Crippen LogP contribution >= 0.6 is 0 Å². The van der Waals surface area contributed by atoms with Crippen LogP contribution in [0.1, 0.15) is 26.2 Å². The van der Waals surface area contributed by atoms with E-state index < -0.39 is 0 Å². The van der Waals surface area contributed by atoms with Crippen LogP contribution in [-0.4, -0.2) is 13.7 Å². The maximum Gasteiger partial charge on any atom is 0.0467 e. The first-order chi connectivity index (χ1) is 3.77. The molecule has 0 bridgehead atoms. The van der Waals surface area contributed by atoms with E-state index in [9.17, 15) is 0 Å². The molecule has 0 spiro atoms. The highest BCUT2D eigenvalue weighted by atomic mass is 16.5. The summed E-state index contributed by atoms with van der Waals surface area (Å²) in [5, 5.41) is 0. The van der Waals surface area contributed by atoms with Crippen molar-refractivity contribution in [3.05, 3.63) is 0 Å². The van der Waals surface area contributed by atoms with Gasteiger partial charge in [-0.3, -0.25) is 0 Å². The van der Waals surface area contributed by atoms with Crippen molar-refractivity contribution in [2.75, 3.05) is 13.7 Å². The highest BCUT2D eigenvalue weighted by Gasteiger charge is 2.36. The Kier molecular flexibility index (Phi) is 1.57. The van der Waals surface area contributed by atoms with Crippen LogP contribution in [0.2, 0.25) is 0 Å². The Labute approximate surface area is 51.0 Å². The Morgan fingerprint density at radius 1 is 1.50 bits per heavy atom. The van der Waals surface area contributed by atoms with Gasteiger partial charge in [-0.05, 0) is 24.7 Å². The quantitative estimate of drug-likeness (QED) is 0.544. The van der Waals surface area contributed by atoms with E-state index in [1.807, 2.05) is 0 Å². The minimum atomic E-state index is 0.677. The van der Waals surface area contributed by atoms with Crippen molar-refractivity contribution >= 4 is 0 Å². The summed E-state index contributed by atoms with van der Waals surface area (Å²) in [7, 11) is 1.77. The highest BCUT2D eigenvalue weighted by molar-refractivity contribution is 4.87. The molecule has 0 saturated heterocycles. The van der Waals surface area contributed by atoms with Gasteiger partial charge < -0.3 is 4.74 Å². The van der Waals surface area contributed by atoms with Gasteiger partial charge in [-0.2, -0.15) is 0 Å². The SMILES string of the molecule is COCCC1(C)CC1. The van der Waals surface area contributed by atoms with Crippen LogP contribution in [0.3, 0.4) is 0 Å². The third-order valence-electron chi connectivity index (χ3n) is 2.01. The number of hydrogen-bond acceptors (Lipinski definition) is 1. The average molecular weight is 114 g/mol. The van der Waals surface area contributed by atoms with Crippen molar-refractivity contribution in [1.29, 1.82) is 0 Å². The van der Waals surface area contributed by atoms with Gasteiger partial charge in [0.15, 0.2) is 0 Å². The lowest BCUT2D eigenvalue weighted by Crippen LogP contribution is -1.98. The Bertz CT molecular complexity index is 74.5. The predicted octanol–water partition coefficient (Wildman–Crippen LogP) is 1.82. The molecular formula is C7H14O. The summed E-state index contributed by atoms with van der Waals surface area (Å²) in [5.41, 5.74) is 0.677. The average Bonchev–Trinajstić information content (AvgIpc) is 2.45. The van der Waals surface area contributed by atoms with E-state index in [2.05, 4.69) is 6.92 Å². The summed E-state index contributed by atoms with van der Waals surface area (Å²) in [6.07, 6.45) is 4.08. The van der Waals surface area contributed by atoms with Crippen LogP contribution in [-0.2, 0) is 4.74 Å². The van der Waals surface area contributed by atoms with Gasteiger partial charge in [0.05, 0.1) is 0 Å². The van der Waals surface area contributed by atoms with E-state index in [4.69, 9.17) is 4.74 Å². The lowest BCUT2D eigenvalue weighted by Gasteiger charge is -2.04. The van der Waals surface area contributed by atoms with Crippen molar-refractivity contribution in [1.82, 2.24) is 0 Å². The third kappa shape index (κ3) is 1.48. The first-order valence-corrected chi connectivity index (χ1v) is 3.26. The molecule has 1 aliphatic rings. The van der Waals surface area contributed by atoms with Crippen LogP contribution in [0.25, 0.3) is 0 Å². The monoisotopic (exact) mass is 114 g/mol. The maximum atomic E-state index is 4.96. The maximum absolute atomic E-state index is 4.96. The lowest BCUT2D eigenvalue weighted by atomic mass is 10.1. The fraction of sp³-hybridized carbons (Fsp3) is 1.00. The summed E-state index contributed by atoms with van der Waals surface area (Å²) in [4.78, 5) is 0. The van der Waals surface area contributed by atoms with Crippen molar-refractivity contribution in [3.63, 3.8) is 0 Å². The Hall–Kier alpha value is -0.0400. The molecule has 1 rings (SSSR count). The molecule has 0 amide bonds. The van der Waals surface area contributed by atoms with Gasteiger partial charge in [0.2, 0.25) is 0 Å². The summed E-state index contributed by atoms with van der Waals surface area (Å²) in [5.74, 6) is 0. The summed E-state index contributed by atoms with van der Waals surface area (Å²) in [6, 6.07) is 0. The third-order valence-corrected chi connectivity index (χ3v) is 2.01. The summed E-state index contributed by atoms with van der Waals surface area (Å²) < 4.78 is 4.96. The Morgan fingerprint density at radius 2 is 2.12 bits per heavy atom. The second-order valence-corrected chi connectivity index (χ2v) is 3.05. The second-order valence-electron chi connectivity index (χ2n) is 3.05. The van der Waals surface area contributed by atoms with E-state index in [-0.39, 0.29) is 0 Å². The molecule has 48 valence electrons. The first-order valence-electron chi connectivity index (χ1n) is 3.26. The fourth-order valence-corrected chi connectivity index (χ4v) is 0.812. The molecule has 0 radical (unpaired) electrons. The van der Waals surface area contributed by atoms with Crippen molar-refractivity contribution in [3.8, 4) is 0 Å². The second kappa shape index (κ2) is 2.06. The minimum absolute atomic E-state index is 0.677. The molecule has 0 heterocycles. The standard InChI is InChI=1S/C7H14O/c1-7(3-4-7)5-6-8-2/h3-6H2,1-2H3. The Balaban J connectivity index is 2.01. The molecule has 0 aliphatic heterocycles. The van der Waals surface area contributed by atoms with Gasteiger partial charge in [0.25, 0.3) is 0 Å². The number of rotatable bonds is 3. The molecule has 0 aromatic heterocycles. The van der Waals surface area contributed by atoms with Gasteiger partial charge in [0.1, 0.15) is 0 Å². The molecule has 8 heavy (non-hydrogen) atoms. The molecule has 0 aromatic carbocycles. The largest absolute Gasteiger partial charge is 0.385 e. The minimum Gasteiger partial charge on any atom is -0.385 e. The molecule has 0 N–H and O–H groups in total. The zero-order chi connectivity index (χ0) is 6.04.